The number of aromatic nitrogens is 2. The Morgan fingerprint density at radius 3 is 2.64 bits per heavy atom. The third kappa shape index (κ3) is 2.62. The smallest absolute Gasteiger partial charge is 0.308 e. The Kier molecular flexibility index (Phi) is 3.20. The van der Waals surface area contributed by atoms with Crippen molar-refractivity contribution in [3.05, 3.63) is 18.0 Å². The van der Waals surface area contributed by atoms with Crippen molar-refractivity contribution < 1.29 is 14.7 Å². The molecule has 2 aliphatic carbocycles. The average molecular weight is 303 g/mol. The molecule has 1 amide bonds. The molecule has 0 unspecified atom stereocenters. The van der Waals surface area contributed by atoms with Crippen LogP contribution in [-0.2, 0) is 11.3 Å². The fraction of sp³-hybridized carbons (Fsp3) is 0.688. The molecular formula is C16H21N3O3. The zero-order valence-electron chi connectivity index (χ0n) is 12.5. The summed E-state index contributed by atoms with van der Waals surface area (Å²) in [6.07, 6.45) is 8.13. The van der Waals surface area contributed by atoms with Crippen LogP contribution in [0, 0.1) is 23.7 Å². The van der Waals surface area contributed by atoms with Crippen LogP contribution in [-0.4, -0.2) is 44.8 Å². The van der Waals surface area contributed by atoms with Crippen molar-refractivity contribution >= 4 is 11.9 Å². The van der Waals surface area contributed by atoms with Crippen LogP contribution in [0.5, 0.6) is 0 Å². The number of amides is 1. The predicted molar refractivity (Wildman–Crippen MR) is 78.2 cm³/mol. The van der Waals surface area contributed by atoms with Crippen LogP contribution in [0.3, 0.4) is 0 Å². The van der Waals surface area contributed by atoms with Gasteiger partial charge in [-0.25, -0.2) is 0 Å². The second kappa shape index (κ2) is 5.11. The molecule has 1 saturated heterocycles. The number of likely N-dealkylation sites (tertiary alicyclic amines) is 1. The van der Waals surface area contributed by atoms with Gasteiger partial charge in [0.2, 0.25) is 0 Å². The molecule has 0 spiro atoms. The van der Waals surface area contributed by atoms with E-state index in [1.807, 2.05) is 4.68 Å². The lowest BCUT2D eigenvalue weighted by molar-refractivity contribution is -0.142. The zero-order valence-corrected chi connectivity index (χ0v) is 12.5. The number of hydrogen-bond acceptors (Lipinski definition) is 3. The van der Waals surface area contributed by atoms with Crippen molar-refractivity contribution in [3.63, 3.8) is 0 Å². The molecule has 3 aliphatic rings. The molecule has 3 fully saturated rings. The topological polar surface area (TPSA) is 75.4 Å². The maximum absolute atomic E-state index is 12.6. The van der Waals surface area contributed by atoms with Crippen LogP contribution in [0.2, 0.25) is 0 Å². The van der Waals surface area contributed by atoms with Crippen molar-refractivity contribution in [1.29, 1.82) is 0 Å². The van der Waals surface area contributed by atoms with E-state index >= 15 is 0 Å². The van der Waals surface area contributed by atoms with Gasteiger partial charge in [-0.15, -0.1) is 0 Å². The molecule has 0 aromatic carbocycles. The maximum Gasteiger partial charge on any atom is 0.308 e. The second-order valence-electron chi connectivity index (χ2n) is 7.05. The Morgan fingerprint density at radius 2 is 2.00 bits per heavy atom. The molecule has 2 heterocycles. The van der Waals surface area contributed by atoms with Crippen LogP contribution < -0.4 is 0 Å². The summed E-state index contributed by atoms with van der Waals surface area (Å²) < 4.78 is 1.84. The fourth-order valence-corrected chi connectivity index (χ4v) is 3.58. The number of aliphatic carboxylic acids is 1. The fourth-order valence-electron chi connectivity index (χ4n) is 3.58. The largest absolute Gasteiger partial charge is 0.481 e. The molecule has 0 bridgehead atoms. The van der Waals surface area contributed by atoms with E-state index in [2.05, 4.69) is 5.10 Å². The summed E-state index contributed by atoms with van der Waals surface area (Å²) in [7, 11) is 0. The van der Waals surface area contributed by atoms with Crippen molar-refractivity contribution in [2.75, 3.05) is 13.1 Å². The van der Waals surface area contributed by atoms with Crippen molar-refractivity contribution in [2.45, 2.75) is 32.2 Å². The van der Waals surface area contributed by atoms with Gasteiger partial charge in [0.1, 0.15) is 0 Å². The summed E-state index contributed by atoms with van der Waals surface area (Å²) in [5.74, 6) is 0.0933. The van der Waals surface area contributed by atoms with Gasteiger partial charge in [0.15, 0.2) is 0 Å². The molecule has 2 saturated carbocycles. The molecule has 1 aromatic heterocycles. The molecule has 1 aromatic rings. The zero-order chi connectivity index (χ0) is 15.3. The summed E-state index contributed by atoms with van der Waals surface area (Å²) >= 11 is 0. The number of carbonyl (C=O) groups is 2. The predicted octanol–water partition coefficient (Wildman–Crippen LogP) is 1.48. The molecule has 1 aliphatic heterocycles. The minimum Gasteiger partial charge on any atom is -0.481 e. The SMILES string of the molecule is O=C(O)[C@@H]1CN(C(=O)c2cnn(CC3CC3)c2)C[C@H]1C1CC1. The van der Waals surface area contributed by atoms with Gasteiger partial charge in [-0.05, 0) is 43.4 Å². The monoisotopic (exact) mass is 303 g/mol. The van der Waals surface area contributed by atoms with Gasteiger partial charge in [0.25, 0.3) is 5.91 Å². The first-order chi connectivity index (χ1) is 10.6. The lowest BCUT2D eigenvalue weighted by atomic mass is 9.92. The van der Waals surface area contributed by atoms with E-state index in [-0.39, 0.29) is 11.8 Å². The van der Waals surface area contributed by atoms with E-state index in [4.69, 9.17) is 0 Å². The molecule has 6 heteroatoms. The standard InChI is InChI=1S/C16H21N3O3/c20-15(12-5-17-19(7-12)6-10-1-2-10)18-8-13(11-3-4-11)14(9-18)16(21)22/h5,7,10-11,13-14H,1-4,6,8-9H2,(H,21,22)/t13-,14+/m0/s1. The molecule has 118 valence electrons. The highest BCUT2D eigenvalue weighted by Gasteiger charge is 2.47. The highest BCUT2D eigenvalue weighted by atomic mass is 16.4. The van der Waals surface area contributed by atoms with E-state index in [1.54, 1.807) is 17.3 Å². The van der Waals surface area contributed by atoms with Crippen LogP contribution in [0.25, 0.3) is 0 Å². The molecular weight excluding hydrogens is 282 g/mol. The van der Waals surface area contributed by atoms with Gasteiger partial charge in [-0.3, -0.25) is 14.3 Å². The van der Waals surface area contributed by atoms with Crippen molar-refractivity contribution in [3.8, 4) is 0 Å². The molecule has 1 N–H and O–H groups in total. The molecule has 6 nitrogen and oxygen atoms in total. The Labute approximate surface area is 129 Å². The van der Waals surface area contributed by atoms with E-state index < -0.39 is 11.9 Å². The summed E-state index contributed by atoms with van der Waals surface area (Å²) in [4.78, 5) is 25.7. The molecule has 0 radical (unpaired) electrons. The summed E-state index contributed by atoms with van der Waals surface area (Å²) in [6, 6.07) is 0. The van der Waals surface area contributed by atoms with Crippen molar-refractivity contribution in [2.24, 2.45) is 23.7 Å². The minimum atomic E-state index is -0.767. The van der Waals surface area contributed by atoms with Gasteiger partial charge in [0, 0.05) is 25.8 Å². The number of nitrogens with zero attached hydrogens (tertiary/aromatic N) is 3. The van der Waals surface area contributed by atoms with Gasteiger partial charge in [-0.2, -0.15) is 5.10 Å². The number of carbonyl (C=O) groups excluding carboxylic acids is 1. The molecule has 22 heavy (non-hydrogen) atoms. The third-order valence-corrected chi connectivity index (χ3v) is 5.22. The Balaban J connectivity index is 1.45. The average Bonchev–Trinajstić information content (AvgIpc) is 3.40. The quantitative estimate of drug-likeness (QED) is 0.894. The molecule has 4 rings (SSSR count). The van der Waals surface area contributed by atoms with Gasteiger partial charge in [-0.1, -0.05) is 0 Å². The Morgan fingerprint density at radius 1 is 1.23 bits per heavy atom. The first-order valence-electron chi connectivity index (χ1n) is 8.16. The normalized spacial score (nSPS) is 28.1. The maximum atomic E-state index is 12.6. The highest BCUT2D eigenvalue weighted by Crippen LogP contribution is 2.44. The summed E-state index contributed by atoms with van der Waals surface area (Å²) in [5.41, 5.74) is 0.584. The summed E-state index contributed by atoms with van der Waals surface area (Å²) in [5, 5.41) is 13.6. The first-order valence-corrected chi connectivity index (χ1v) is 8.16. The Bertz CT molecular complexity index is 604. The first kappa shape index (κ1) is 13.8. The Hall–Kier alpha value is -1.85. The highest BCUT2D eigenvalue weighted by molar-refractivity contribution is 5.94. The lowest BCUT2D eigenvalue weighted by Gasteiger charge is -2.15. The third-order valence-electron chi connectivity index (χ3n) is 5.22. The van der Waals surface area contributed by atoms with Crippen LogP contribution in [0.15, 0.2) is 12.4 Å². The van der Waals surface area contributed by atoms with E-state index in [0.29, 0.717) is 30.5 Å². The van der Waals surface area contributed by atoms with Crippen LogP contribution >= 0.6 is 0 Å². The van der Waals surface area contributed by atoms with E-state index in [9.17, 15) is 14.7 Å². The number of rotatable bonds is 5. The van der Waals surface area contributed by atoms with Crippen LogP contribution in [0.1, 0.15) is 36.0 Å². The van der Waals surface area contributed by atoms with Gasteiger partial charge < -0.3 is 10.0 Å². The number of carboxylic acid groups (broad SMARTS) is 1. The second-order valence-corrected chi connectivity index (χ2v) is 7.05. The minimum absolute atomic E-state index is 0.0727. The van der Waals surface area contributed by atoms with E-state index in [0.717, 1.165) is 19.4 Å². The number of carboxylic acids is 1. The van der Waals surface area contributed by atoms with E-state index in [1.165, 1.54) is 12.8 Å². The van der Waals surface area contributed by atoms with Gasteiger partial charge >= 0.3 is 5.97 Å². The van der Waals surface area contributed by atoms with Crippen LogP contribution in [0.4, 0.5) is 0 Å². The number of hydrogen-bond donors (Lipinski definition) is 1. The molecule has 2 atom stereocenters. The summed E-state index contributed by atoms with van der Waals surface area (Å²) in [6.45, 7) is 1.80. The lowest BCUT2D eigenvalue weighted by Crippen LogP contribution is -2.29. The van der Waals surface area contributed by atoms with Crippen molar-refractivity contribution in [1.82, 2.24) is 14.7 Å². The van der Waals surface area contributed by atoms with Gasteiger partial charge in [0.05, 0.1) is 17.7 Å².